The molecule has 1 aliphatic rings. The zero-order valence-electron chi connectivity index (χ0n) is 12.1. The molecule has 2 atom stereocenters. The summed E-state index contributed by atoms with van der Waals surface area (Å²) in [6.07, 6.45) is 4.21. The molecule has 1 heterocycles. The maximum Gasteiger partial charge on any atom is 0.133 e. The van der Waals surface area contributed by atoms with Crippen LogP contribution in [0.1, 0.15) is 31.7 Å². The third kappa shape index (κ3) is 3.52. The molecule has 0 aromatic heterocycles. The van der Waals surface area contributed by atoms with Crippen LogP contribution in [0.4, 0.5) is 0 Å². The summed E-state index contributed by atoms with van der Waals surface area (Å²) in [7, 11) is 1.67. The van der Waals surface area contributed by atoms with Crippen LogP contribution in [0, 0.1) is 0 Å². The molecule has 1 fully saturated rings. The maximum absolute atomic E-state index is 5.99. The monoisotopic (exact) mass is 342 g/mol. The van der Waals surface area contributed by atoms with Gasteiger partial charge in [0.2, 0.25) is 0 Å². The SMILES string of the molecule is COc1ccc(CC(NN)C2(C)CCCCO2)cc1Br. The quantitative estimate of drug-likeness (QED) is 0.638. The number of ether oxygens (including phenoxy) is 2. The molecule has 0 amide bonds. The minimum Gasteiger partial charge on any atom is -0.496 e. The summed E-state index contributed by atoms with van der Waals surface area (Å²) >= 11 is 3.52. The van der Waals surface area contributed by atoms with E-state index in [4.69, 9.17) is 15.3 Å². The zero-order valence-corrected chi connectivity index (χ0v) is 13.7. The number of halogens is 1. The average Bonchev–Trinajstić information content (AvgIpc) is 2.45. The van der Waals surface area contributed by atoms with Crippen molar-refractivity contribution in [3.05, 3.63) is 28.2 Å². The first kappa shape index (κ1) is 15.8. The molecule has 1 aromatic rings. The Labute approximate surface area is 129 Å². The van der Waals surface area contributed by atoms with Crippen molar-refractivity contribution in [1.29, 1.82) is 0 Å². The van der Waals surface area contributed by atoms with E-state index in [0.717, 1.165) is 36.1 Å². The van der Waals surface area contributed by atoms with Crippen molar-refractivity contribution in [3.63, 3.8) is 0 Å². The molecular formula is C15H23BrN2O2. The van der Waals surface area contributed by atoms with E-state index in [0.29, 0.717) is 0 Å². The zero-order chi connectivity index (χ0) is 14.6. The summed E-state index contributed by atoms with van der Waals surface area (Å²) < 4.78 is 12.2. The van der Waals surface area contributed by atoms with Gasteiger partial charge in [0.1, 0.15) is 5.75 Å². The second kappa shape index (κ2) is 6.89. The Morgan fingerprint density at radius 3 is 2.85 bits per heavy atom. The minimum absolute atomic E-state index is 0.100. The fourth-order valence-corrected chi connectivity index (χ4v) is 3.34. The second-order valence-electron chi connectivity index (χ2n) is 5.51. The summed E-state index contributed by atoms with van der Waals surface area (Å²) in [4.78, 5) is 0. The van der Waals surface area contributed by atoms with Gasteiger partial charge in [-0.15, -0.1) is 0 Å². The van der Waals surface area contributed by atoms with Gasteiger partial charge in [-0.3, -0.25) is 11.3 Å². The minimum atomic E-state index is -0.195. The number of methoxy groups -OCH3 is 1. The van der Waals surface area contributed by atoms with Crippen molar-refractivity contribution in [2.45, 2.75) is 44.2 Å². The number of hydrazine groups is 1. The lowest BCUT2D eigenvalue weighted by molar-refractivity contribution is -0.0884. The van der Waals surface area contributed by atoms with E-state index < -0.39 is 0 Å². The van der Waals surface area contributed by atoms with Gasteiger partial charge >= 0.3 is 0 Å². The van der Waals surface area contributed by atoms with Crippen molar-refractivity contribution in [2.75, 3.05) is 13.7 Å². The van der Waals surface area contributed by atoms with Gasteiger partial charge in [-0.25, -0.2) is 0 Å². The van der Waals surface area contributed by atoms with Crippen LogP contribution in [0.5, 0.6) is 5.75 Å². The van der Waals surface area contributed by atoms with Crippen LogP contribution in [0.3, 0.4) is 0 Å². The highest BCUT2D eigenvalue weighted by Crippen LogP contribution is 2.31. The van der Waals surface area contributed by atoms with E-state index in [1.165, 1.54) is 12.0 Å². The highest BCUT2D eigenvalue weighted by atomic mass is 79.9. The van der Waals surface area contributed by atoms with Gasteiger partial charge in [-0.05, 0) is 66.2 Å². The molecule has 2 rings (SSSR count). The largest absolute Gasteiger partial charge is 0.496 e. The lowest BCUT2D eigenvalue weighted by Gasteiger charge is -2.40. The first-order chi connectivity index (χ1) is 9.59. The van der Waals surface area contributed by atoms with E-state index in [-0.39, 0.29) is 11.6 Å². The molecule has 1 saturated heterocycles. The Kier molecular flexibility index (Phi) is 5.43. The van der Waals surface area contributed by atoms with Crippen LogP contribution >= 0.6 is 15.9 Å². The predicted molar refractivity (Wildman–Crippen MR) is 83.7 cm³/mol. The van der Waals surface area contributed by atoms with Crippen LogP contribution in [-0.4, -0.2) is 25.4 Å². The number of hydrogen-bond donors (Lipinski definition) is 2. The van der Waals surface area contributed by atoms with Gasteiger partial charge in [-0.2, -0.15) is 0 Å². The van der Waals surface area contributed by atoms with Crippen LogP contribution in [-0.2, 0) is 11.2 Å². The highest BCUT2D eigenvalue weighted by molar-refractivity contribution is 9.10. The predicted octanol–water partition coefficient (Wildman–Crippen LogP) is 2.79. The van der Waals surface area contributed by atoms with Gasteiger partial charge in [0.15, 0.2) is 0 Å². The number of nitrogens with one attached hydrogen (secondary N) is 1. The molecule has 112 valence electrons. The normalized spacial score (nSPS) is 24.4. The molecular weight excluding hydrogens is 320 g/mol. The Bertz CT molecular complexity index is 447. The molecule has 1 aliphatic heterocycles. The molecule has 3 N–H and O–H groups in total. The average molecular weight is 343 g/mol. The van der Waals surface area contributed by atoms with Crippen molar-refractivity contribution >= 4 is 15.9 Å². The van der Waals surface area contributed by atoms with Crippen molar-refractivity contribution in [3.8, 4) is 5.75 Å². The maximum atomic E-state index is 5.99. The van der Waals surface area contributed by atoms with Crippen molar-refractivity contribution < 1.29 is 9.47 Å². The molecule has 4 nitrogen and oxygen atoms in total. The molecule has 20 heavy (non-hydrogen) atoms. The lowest BCUT2D eigenvalue weighted by atomic mass is 9.85. The number of rotatable bonds is 5. The molecule has 0 spiro atoms. The smallest absolute Gasteiger partial charge is 0.133 e. The summed E-state index contributed by atoms with van der Waals surface area (Å²) in [5.74, 6) is 6.60. The first-order valence-corrected chi connectivity index (χ1v) is 7.81. The summed E-state index contributed by atoms with van der Waals surface area (Å²) in [6, 6.07) is 6.22. The van der Waals surface area contributed by atoms with Crippen molar-refractivity contribution in [1.82, 2.24) is 5.43 Å². The third-order valence-corrected chi connectivity index (χ3v) is 4.71. The van der Waals surface area contributed by atoms with Gasteiger partial charge < -0.3 is 9.47 Å². The van der Waals surface area contributed by atoms with E-state index in [2.05, 4.69) is 40.4 Å². The lowest BCUT2D eigenvalue weighted by Crippen LogP contribution is -2.55. The van der Waals surface area contributed by atoms with Crippen LogP contribution in [0.25, 0.3) is 0 Å². The van der Waals surface area contributed by atoms with Crippen LogP contribution in [0.2, 0.25) is 0 Å². The standard InChI is InChI=1S/C15H23BrN2O2/c1-15(7-3-4-8-20-15)14(18-17)10-11-5-6-13(19-2)12(16)9-11/h5-6,9,14,18H,3-4,7-8,10,17H2,1-2H3. The molecule has 0 bridgehead atoms. The Morgan fingerprint density at radius 2 is 2.30 bits per heavy atom. The fraction of sp³-hybridized carbons (Fsp3) is 0.600. The Hall–Kier alpha value is -0.620. The number of benzene rings is 1. The van der Waals surface area contributed by atoms with E-state index in [1.54, 1.807) is 7.11 Å². The summed E-state index contributed by atoms with van der Waals surface area (Å²) in [5, 5.41) is 0. The number of nitrogens with two attached hydrogens (primary N) is 1. The molecule has 0 aliphatic carbocycles. The van der Waals surface area contributed by atoms with Crippen molar-refractivity contribution in [2.24, 2.45) is 5.84 Å². The van der Waals surface area contributed by atoms with Crippen LogP contribution < -0.4 is 16.0 Å². The van der Waals surface area contributed by atoms with E-state index in [9.17, 15) is 0 Å². The van der Waals surface area contributed by atoms with Gasteiger partial charge in [-0.1, -0.05) is 6.07 Å². The van der Waals surface area contributed by atoms with E-state index in [1.807, 2.05) is 6.07 Å². The fourth-order valence-electron chi connectivity index (χ4n) is 2.75. The molecule has 5 heteroatoms. The molecule has 2 unspecified atom stereocenters. The summed E-state index contributed by atoms with van der Waals surface area (Å²) in [6.45, 7) is 2.97. The third-order valence-electron chi connectivity index (χ3n) is 4.09. The van der Waals surface area contributed by atoms with Crippen LogP contribution in [0.15, 0.2) is 22.7 Å². The van der Waals surface area contributed by atoms with E-state index >= 15 is 0 Å². The first-order valence-electron chi connectivity index (χ1n) is 7.01. The highest BCUT2D eigenvalue weighted by Gasteiger charge is 2.36. The Balaban J connectivity index is 2.11. The topological polar surface area (TPSA) is 56.5 Å². The van der Waals surface area contributed by atoms with Gasteiger partial charge in [0, 0.05) is 6.61 Å². The Morgan fingerprint density at radius 1 is 1.50 bits per heavy atom. The molecule has 0 saturated carbocycles. The summed E-state index contributed by atoms with van der Waals surface area (Å²) in [5.41, 5.74) is 3.95. The molecule has 0 radical (unpaired) electrons. The second-order valence-corrected chi connectivity index (χ2v) is 6.36. The van der Waals surface area contributed by atoms with Gasteiger partial charge in [0.05, 0.1) is 23.2 Å². The number of hydrogen-bond acceptors (Lipinski definition) is 4. The molecule has 1 aromatic carbocycles. The van der Waals surface area contributed by atoms with Gasteiger partial charge in [0.25, 0.3) is 0 Å².